The summed E-state index contributed by atoms with van der Waals surface area (Å²) in [5.41, 5.74) is 0. The molecule has 1 N–H and O–H groups in total. The molecule has 2 aliphatic heterocycles. The lowest BCUT2D eigenvalue weighted by molar-refractivity contribution is -0.0112. The van der Waals surface area contributed by atoms with Gasteiger partial charge in [-0.05, 0) is 64.2 Å². The van der Waals surface area contributed by atoms with E-state index in [2.05, 4.69) is 17.1 Å². The van der Waals surface area contributed by atoms with Gasteiger partial charge in [0.1, 0.15) is 0 Å². The maximum atomic E-state index is 5.82. The van der Waals surface area contributed by atoms with Gasteiger partial charge in [0, 0.05) is 13.2 Å². The van der Waals surface area contributed by atoms with Crippen molar-refractivity contribution in [2.75, 3.05) is 39.3 Å². The van der Waals surface area contributed by atoms with Crippen molar-refractivity contribution in [3.63, 3.8) is 0 Å². The Balaban J connectivity index is 1.61. The third kappa shape index (κ3) is 4.57. The van der Waals surface area contributed by atoms with Gasteiger partial charge >= 0.3 is 0 Å². The summed E-state index contributed by atoms with van der Waals surface area (Å²) in [6.07, 6.45) is 7.15. The summed E-state index contributed by atoms with van der Waals surface area (Å²) in [5, 5.41) is 3.47. The number of piperidine rings is 1. The van der Waals surface area contributed by atoms with Gasteiger partial charge in [-0.2, -0.15) is 0 Å². The van der Waals surface area contributed by atoms with Crippen LogP contribution in [0, 0.1) is 5.92 Å². The Kier molecular flexibility index (Phi) is 5.75. The molecule has 0 amide bonds. The van der Waals surface area contributed by atoms with E-state index in [1.807, 2.05) is 0 Å². The molecule has 0 aromatic carbocycles. The van der Waals surface area contributed by atoms with Gasteiger partial charge in [-0.25, -0.2) is 0 Å². The van der Waals surface area contributed by atoms with Crippen LogP contribution in [0.2, 0.25) is 0 Å². The molecule has 0 aliphatic carbocycles. The zero-order valence-corrected chi connectivity index (χ0v) is 11.3. The van der Waals surface area contributed by atoms with E-state index < -0.39 is 0 Å². The molecular formula is C14H28N2O. The van der Waals surface area contributed by atoms with E-state index in [9.17, 15) is 0 Å². The Labute approximate surface area is 106 Å². The van der Waals surface area contributed by atoms with Crippen LogP contribution in [-0.4, -0.2) is 50.3 Å². The average molecular weight is 240 g/mol. The second kappa shape index (κ2) is 7.34. The van der Waals surface area contributed by atoms with Gasteiger partial charge < -0.3 is 15.0 Å². The van der Waals surface area contributed by atoms with Crippen LogP contribution >= 0.6 is 0 Å². The number of nitrogens with one attached hydrogen (secondary N) is 1. The van der Waals surface area contributed by atoms with E-state index in [1.165, 1.54) is 58.3 Å². The quantitative estimate of drug-likeness (QED) is 0.794. The Morgan fingerprint density at radius 1 is 1.18 bits per heavy atom. The monoisotopic (exact) mass is 240 g/mol. The molecular weight excluding hydrogens is 212 g/mol. The first-order valence-electron chi connectivity index (χ1n) is 7.43. The fourth-order valence-corrected chi connectivity index (χ4v) is 2.96. The Morgan fingerprint density at radius 2 is 2.00 bits per heavy atom. The average Bonchev–Trinajstić information content (AvgIpc) is 2.39. The molecule has 17 heavy (non-hydrogen) atoms. The van der Waals surface area contributed by atoms with Crippen LogP contribution in [0.1, 0.15) is 39.0 Å². The van der Waals surface area contributed by atoms with Crippen LogP contribution < -0.4 is 5.32 Å². The molecule has 0 aromatic heterocycles. The number of hydrogen-bond acceptors (Lipinski definition) is 3. The number of hydrogen-bond donors (Lipinski definition) is 1. The summed E-state index contributed by atoms with van der Waals surface area (Å²) in [6, 6.07) is 0. The second-order valence-corrected chi connectivity index (χ2v) is 5.54. The number of rotatable bonds is 5. The van der Waals surface area contributed by atoms with Crippen LogP contribution in [-0.2, 0) is 4.74 Å². The topological polar surface area (TPSA) is 24.5 Å². The second-order valence-electron chi connectivity index (χ2n) is 5.54. The first-order chi connectivity index (χ1) is 8.38. The minimum absolute atomic E-state index is 0.522. The van der Waals surface area contributed by atoms with Crippen molar-refractivity contribution in [3.8, 4) is 0 Å². The summed E-state index contributed by atoms with van der Waals surface area (Å²) >= 11 is 0. The molecule has 2 heterocycles. The first-order valence-corrected chi connectivity index (χ1v) is 7.43. The van der Waals surface area contributed by atoms with Gasteiger partial charge in [0.15, 0.2) is 0 Å². The summed E-state index contributed by atoms with van der Waals surface area (Å²) in [5.74, 6) is 0.901. The van der Waals surface area contributed by atoms with Crippen LogP contribution in [0.4, 0.5) is 0 Å². The minimum atomic E-state index is 0.522. The van der Waals surface area contributed by atoms with Gasteiger partial charge in [-0.1, -0.05) is 6.92 Å². The molecule has 2 saturated heterocycles. The Hall–Kier alpha value is -0.120. The predicted octanol–water partition coefficient (Wildman–Crippen LogP) is 1.88. The lowest BCUT2D eigenvalue weighted by Gasteiger charge is -2.35. The van der Waals surface area contributed by atoms with Crippen LogP contribution in [0.25, 0.3) is 0 Å². The minimum Gasteiger partial charge on any atom is -0.377 e. The molecule has 0 aromatic rings. The third-order valence-electron chi connectivity index (χ3n) is 4.13. The van der Waals surface area contributed by atoms with Crippen molar-refractivity contribution < 1.29 is 4.74 Å². The van der Waals surface area contributed by atoms with Gasteiger partial charge in [0.25, 0.3) is 0 Å². The van der Waals surface area contributed by atoms with Crippen molar-refractivity contribution in [1.82, 2.24) is 10.2 Å². The van der Waals surface area contributed by atoms with Crippen LogP contribution in [0.3, 0.4) is 0 Å². The molecule has 100 valence electrons. The van der Waals surface area contributed by atoms with Crippen molar-refractivity contribution in [1.29, 1.82) is 0 Å². The van der Waals surface area contributed by atoms with Gasteiger partial charge in [0.2, 0.25) is 0 Å². The van der Waals surface area contributed by atoms with Crippen LogP contribution in [0.5, 0.6) is 0 Å². The van der Waals surface area contributed by atoms with Crippen LogP contribution in [0.15, 0.2) is 0 Å². The predicted molar refractivity (Wildman–Crippen MR) is 71.3 cm³/mol. The summed E-state index contributed by atoms with van der Waals surface area (Å²) in [6.45, 7) is 9.22. The van der Waals surface area contributed by atoms with E-state index in [-0.39, 0.29) is 0 Å². The molecule has 3 nitrogen and oxygen atoms in total. The summed E-state index contributed by atoms with van der Waals surface area (Å²) < 4.78 is 5.82. The molecule has 0 bridgehead atoms. The van der Waals surface area contributed by atoms with Gasteiger partial charge in [-0.3, -0.25) is 0 Å². The summed E-state index contributed by atoms with van der Waals surface area (Å²) in [4.78, 5) is 2.61. The highest BCUT2D eigenvalue weighted by Crippen LogP contribution is 2.19. The van der Waals surface area contributed by atoms with Crippen molar-refractivity contribution in [3.05, 3.63) is 0 Å². The summed E-state index contributed by atoms with van der Waals surface area (Å²) in [7, 11) is 0. The van der Waals surface area contributed by atoms with E-state index in [1.54, 1.807) is 0 Å². The smallest absolute Gasteiger partial charge is 0.0702 e. The highest BCUT2D eigenvalue weighted by atomic mass is 16.5. The third-order valence-corrected chi connectivity index (χ3v) is 4.13. The SMILES string of the molecule is CCNCC1CCN(CC2CCCCO2)CC1. The zero-order valence-electron chi connectivity index (χ0n) is 11.3. The number of ether oxygens (including phenoxy) is 1. The lowest BCUT2D eigenvalue weighted by Crippen LogP contribution is -2.42. The van der Waals surface area contributed by atoms with Crippen molar-refractivity contribution in [2.24, 2.45) is 5.92 Å². The maximum absolute atomic E-state index is 5.82. The fraction of sp³-hybridized carbons (Fsp3) is 1.00. The maximum Gasteiger partial charge on any atom is 0.0702 e. The van der Waals surface area contributed by atoms with E-state index in [0.717, 1.165) is 19.1 Å². The first kappa shape index (κ1) is 13.3. The van der Waals surface area contributed by atoms with Crippen molar-refractivity contribution in [2.45, 2.75) is 45.1 Å². The largest absolute Gasteiger partial charge is 0.377 e. The molecule has 2 aliphatic rings. The van der Waals surface area contributed by atoms with E-state index in [4.69, 9.17) is 4.74 Å². The van der Waals surface area contributed by atoms with Gasteiger partial charge in [0.05, 0.1) is 6.10 Å². The van der Waals surface area contributed by atoms with Gasteiger partial charge in [-0.15, -0.1) is 0 Å². The van der Waals surface area contributed by atoms with Crippen molar-refractivity contribution >= 4 is 0 Å². The highest BCUT2D eigenvalue weighted by molar-refractivity contribution is 4.77. The molecule has 0 saturated carbocycles. The lowest BCUT2D eigenvalue weighted by atomic mass is 9.96. The number of nitrogens with zero attached hydrogens (tertiary/aromatic N) is 1. The molecule has 3 heteroatoms. The molecule has 2 fully saturated rings. The highest BCUT2D eigenvalue weighted by Gasteiger charge is 2.22. The molecule has 1 atom stereocenters. The Bertz CT molecular complexity index is 196. The Morgan fingerprint density at radius 3 is 2.65 bits per heavy atom. The number of likely N-dealkylation sites (tertiary alicyclic amines) is 1. The van der Waals surface area contributed by atoms with E-state index >= 15 is 0 Å². The molecule has 2 rings (SSSR count). The normalized spacial score (nSPS) is 28.4. The molecule has 0 radical (unpaired) electrons. The fourth-order valence-electron chi connectivity index (χ4n) is 2.96. The van der Waals surface area contributed by atoms with E-state index in [0.29, 0.717) is 6.10 Å². The molecule has 0 spiro atoms. The molecule has 1 unspecified atom stereocenters. The zero-order chi connectivity index (χ0) is 11.9. The standard InChI is InChI=1S/C14H28N2O/c1-2-15-11-13-6-8-16(9-7-13)12-14-5-3-4-10-17-14/h13-15H,2-12H2,1H3.